The molecule has 0 heterocycles. The van der Waals surface area contributed by atoms with E-state index in [-0.39, 0.29) is 25.5 Å². The van der Waals surface area contributed by atoms with E-state index in [0.717, 1.165) is 5.56 Å². The minimum absolute atomic E-state index is 0.0755. The van der Waals surface area contributed by atoms with E-state index in [0.29, 0.717) is 16.6 Å². The molecule has 0 unspecified atom stereocenters. The van der Waals surface area contributed by atoms with E-state index in [1.165, 1.54) is 4.90 Å². The molecular weight excluding hydrogens is 273 g/mol. The summed E-state index contributed by atoms with van der Waals surface area (Å²) in [6.45, 7) is 4.20. The first kappa shape index (κ1) is 15.0. The van der Waals surface area contributed by atoms with E-state index >= 15 is 0 Å². The minimum Gasteiger partial charge on any atom is -0.395 e. The average Bonchev–Trinajstić information content (AvgIpc) is 2.32. The quantitative estimate of drug-likeness (QED) is 0.817. The number of benzene rings is 1. The van der Waals surface area contributed by atoms with Crippen molar-refractivity contribution in [1.82, 2.24) is 4.90 Å². The number of nitrogens with zero attached hydrogens (tertiary/aromatic N) is 1. The van der Waals surface area contributed by atoms with E-state index < -0.39 is 0 Å². The van der Waals surface area contributed by atoms with Gasteiger partial charge in [0.2, 0.25) is 5.91 Å². The number of aliphatic hydroxyl groups excluding tert-OH is 1. The molecule has 1 aromatic carbocycles. The largest absolute Gasteiger partial charge is 0.395 e. The van der Waals surface area contributed by atoms with Gasteiger partial charge < -0.3 is 10.0 Å². The molecule has 0 fully saturated rings. The van der Waals surface area contributed by atoms with Crippen LogP contribution in [0.2, 0.25) is 10.0 Å². The number of aliphatic hydroxyl groups is 1. The van der Waals surface area contributed by atoms with Crippen molar-refractivity contribution in [2.24, 2.45) is 0 Å². The monoisotopic (exact) mass is 287 g/mol. The summed E-state index contributed by atoms with van der Waals surface area (Å²) in [5, 5.41) is 9.90. The molecule has 0 spiro atoms. The number of carbonyl (C=O) groups excluding carboxylic acids is 1. The molecule has 0 saturated carbocycles. The standard InChI is InChI=1S/C13H15Cl2NO2/c1-2-5-16(6-7-17)13(18)8-10-3-4-11(14)9-12(10)15/h2-4,9,17H,1,5-8H2. The fourth-order valence-electron chi connectivity index (χ4n) is 1.53. The lowest BCUT2D eigenvalue weighted by Crippen LogP contribution is -2.34. The Balaban J connectivity index is 2.75. The molecule has 18 heavy (non-hydrogen) atoms. The highest BCUT2D eigenvalue weighted by Gasteiger charge is 2.14. The Morgan fingerprint density at radius 2 is 2.17 bits per heavy atom. The summed E-state index contributed by atoms with van der Waals surface area (Å²) in [7, 11) is 0. The molecular formula is C13H15Cl2NO2. The average molecular weight is 288 g/mol. The summed E-state index contributed by atoms with van der Waals surface area (Å²) < 4.78 is 0. The Kier molecular flexibility index (Phi) is 6.19. The van der Waals surface area contributed by atoms with E-state index in [9.17, 15) is 4.79 Å². The molecule has 0 aliphatic carbocycles. The molecule has 0 aliphatic heterocycles. The predicted octanol–water partition coefficient (Wildman–Crippen LogP) is 2.54. The van der Waals surface area contributed by atoms with Crippen LogP contribution in [0.3, 0.4) is 0 Å². The summed E-state index contributed by atoms with van der Waals surface area (Å²) in [6, 6.07) is 5.03. The molecule has 0 atom stereocenters. The van der Waals surface area contributed by atoms with Gasteiger partial charge in [0.15, 0.2) is 0 Å². The molecule has 98 valence electrons. The van der Waals surface area contributed by atoms with Crippen LogP contribution in [0.15, 0.2) is 30.9 Å². The molecule has 1 rings (SSSR count). The van der Waals surface area contributed by atoms with Gasteiger partial charge in [-0.2, -0.15) is 0 Å². The Hall–Kier alpha value is -1.03. The zero-order valence-electron chi connectivity index (χ0n) is 9.90. The van der Waals surface area contributed by atoms with Crippen molar-refractivity contribution in [2.75, 3.05) is 19.7 Å². The number of hydrogen-bond donors (Lipinski definition) is 1. The number of amides is 1. The molecule has 1 amide bonds. The molecule has 0 aliphatic rings. The molecule has 5 heteroatoms. The van der Waals surface area contributed by atoms with Crippen LogP contribution in [0.1, 0.15) is 5.56 Å². The molecule has 1 N–H and O–H groups in total. The number of halogens is 2. The molecule has 0 bridgehead atoms. The highest BCUT2D eigenvalue weighted by Crippen LogP contribution is 2.21. The third kappa shape index (κ3) is 4.33. The molecule has 0 aromatic heterocycles. The minimum atomic E-state index is -0.104. The smallest absolute Gasteiger partial charge is 0.227 e. The van der Waals surface area contributed by atoms with Gasteiger partial charge in [-0.15, -0.1) is 6.58 Å². The van der Waals surface area contributed by atoms with Gasteiger partial charge in [-0.1, -0.05) is 35.3 Å². The van der Waals surface area contributed by atoms with Crippen LogP contribution in [-0.4, -0.2) is 35.6 Å². The zero-order chi connectivity index (χ0) is 13.5. The third-order valence-electron chi connectivity index (χ3n) is 2.43. The topological polar surface area (TPSA) is 40.5 Å². The van der Waals surface area contributed by atoms with Crippen LogP contribution in [0.5, 0.6) is 0 Å². The van der Waals surface area contributed by atoms with Gasteiger partial charge in [0.05, 0.1) is 13.0 Å². The van der Waals surface area contributed by atoms with Crippen molar-refractivity contribution < 1.29 is 9.90 Å². The van der Waals surface area contributed by atoms with Gasteiger partial charge in [0.1, 0.15) is 0 Å². The summed E-state index contributed by atoms with van der Waals surface area (Å²) in [4.78, 5) is 13.5. The molecule has 0 radical (unpaired) electrons. The first-order valence-electron chi connectivity index (χ1n) is 5.52. The highest BCUT2D eigenvalue weighted by atomic mass is 35.5. The van der Waals surface area contributed by atoms with Crippen LogP contribution in [0, 0.1) is 0 Å². The lowest BCUT2D eigenvalue weighted by Gasteiger charge is -2.20. The second-order valence-corrected chi connectivity index (χ2v) is 4.61. The van der Waals surface area contributed by atoms with Crippen LogP contribution in [0.4, 0.5) is 0 Å². The van der Waals surface area contributed by atoms with Gasteiger partial charge in [-0.05, 0) is 17.7 Å². The second-order valence-electron chi connectivity index (χ2n) is 3.76. The lowest BCUT2D eigenvalue weighted by atomic mass is 10.1. The summed E-state index contributed by atoms with van der Waals surface area (Å²) in [5.41, 5.74) is 0.720. The Morgan fingerprint density at radius 1 is 1.44 bits per heavy atom. The Bertz CT molecular complexity index is 435. The summed E-state index contributed by atoms with van der Waals surface area (Å²) >= 11 is 11.8. The normalized spacial score (nSPS) is 10.2. The van der Waals surface area contributed by atoms with Crippen molar-refractivity contribution in [3.05, 3.63) is 46.5 Å². The van der Waals surface area contributed by atoms with Gasteiger partial charge in [0, 0.05) is 23.1 Å². The first-order valence-corrected chi connectivity index (χ1v) is 6.27. The van der Waals surface area contributed by atoms with Gasteiger partial charge in [-0.25, -0.2) is 0 Å². The van der Waals surface area contributed by atoms with Crippen molar-refractivity contribution in [2.45, 2.75) is 6.42 Å². The highest BCUT2D eigenvalue weighted by molar-refractivity contribution is 6.35. The van der Waals surface area contributed by atoms with E-state index in [1.807, 2.05) is 0 Å². The first-order chi connectivity index (χ1) is 8.58. The fourth-order valence-corrected chi connectivity index (χ4v) is 2.01. The predicted molar refractivity (Wildman–Crippen MR) is 74.0 cm³/mol. The third-order valence-corrected chi connectivity index (χ3v) is 3.02. The van der Waals surface area contributed by atoms with Crippen molar-refractivity contribution in [3.8, 4) is 0 Å². The molecule has 3 nitrogen and oxygen atoms in total. The summed E-state index contributed by atoms with van der Waals surface area (Å²) in [5.74, 6) is -0.104. The Morgan fingerprint density at radius 3 is 2.72 bits per heavy atom. The van der Waals surface area contributed by atoms with E-state index in [1.54, 1.807) is 24.3 Å². The number of carbonyl (C=O) groups is 1. The van der Waals surface area contributed by atoms with Crippen LogP contribution >= 0.6 is 23.2 Å². The van der Waals surface area contributed by atoms with E-state index in [4.69, 9.17) is 28.3 Å². The van der Waals surface area contributed by atoms with Gasteiger partial charge in [0.25, 0.3) is 0 Å². The van der Waals surface area contributed by atoms with Crippen molar-refractivity contribution in [3.63, 3.8) is 0 Å². The maximum Gasteiger partial charge on any atom is 0.227 e. The maximum atomic E-state index is 12.0. The van der Waals surface area contributed by atoms with Crippen LogP contribution < -0.4 is 0 Å². The number of hydrogen-bond acceptors (Lipinski definition) is 2. The zero-order valence-corrected chi connectivity index (χ0v) is 11.4. The van der Waals surface area contributed by atoms with Gasteiger partial charge in [-0.3, -0.25) is 4.79 Å². The van der Waals surface area contributed by atoms with Gasteiger partial charge >= 0.3 is 0 Å². The van der Waals surface area contributed by atoms with E-state index in [2.05, 4.69) is 6.58 Å². The SMILES string of the molecule is C=CCN(CCO)C(=O)Cc1ccc(Cl)cc1Cl. The molecule has 0 saturated heterocycles. The fraction of sp³-hybridized carbons (Fsp3) is 0.308. The van der Waals surface area contributed by atoms with Crippen LogP contribution in [-0.2, 0) is 11.2 Å². The molecule has 1 aromatic rings. The maximum absolute atomic E-state index is 12.0. The van der Waals surface area contributed by atoms with Crippen LogP contribution in [0.25, 0.3) is 0 Å². The number of rotatable bonds is 6. The van der Waals surface area contributed by atoms with Crippen molar-refractivity contribution >= 4 is 29.1 Å². The Labute approximate surface area is 117 Å². The lowest BCUT2D eigenvalue weighted by molar-refractivity contribution is -0.130. The van der Waals surface area contributed by atoms with Crippen molar-refractivity contribution in [1.29, 1.82) is 0 Å². The summed E-state index contributed by atoms with van der Waals surface area (Å²) in [6.07, 6.45) is 1.81. The second kappa shape index (κ2) is 7.41.